The highest BCUT2D eigenvalue weighted by molar-refractivity contribution is 7.92. The van der Waals surface area contributed by atoms with Gasteiger partial charge in [-0.1, -0.05) is 0 Å². The van der Waals surface area contributed by atoms with Gasteiger partial charge in [-0.15, -0.1) is 0 Å². The lowest BCUT2D eigenvalue weighted by Gasteiger charge is -2.35. The molecule has 3 aliphatic rings. The molecule has 0 atom stereocenters. The minimum Gasteiger partial charge on any atom is -0.395 e. The van der Waals surface area contributed by atoms with Gasteiger partial charge in [0.2, 0.25) is 16.0 Å². The van der Waals surface area contributed by atoms with Gasteiger partial charge in [0, 0.05) is 45.1 Å². The van der Waals surface area contributed by atoms with E-state index in [1.807, 2.05) is 0 Å². The van der Waals surface area contributed by atoms with Gasteiger partial charge in [0.1, 0.15) is 12.1 Å². The number of sulfonamides is 1. The van der Waals surface area contributed by atoms with Crippen molar-refractivity contribution in [1.29, 1.82) is 0 Å². The molecule has 2 aromatic heterocycles. The highest BCUT2D eigenvalue weighted by Gasteiger charge is 2.44. The SMILES string of the molecule is O=C(Nc1cc2ncnn2c(N2CCC(F)(F)CC2)n1)c1ccc(NS(=O)(=O)CCO)cc1N1CCC2(CC1)CC2. The predicted molar refractivity (Wildman–Crippen MR) is 149 cm³/mol. The molecule has 1 aromatic carbocycles. The van der Waals surface area contributed by atoms with Gasteiger partial charge in [-0.3, -0.25) is 9.52 Å². The number of rotatable bonds is 8. The molecule has 1 amide bonds. The Labute approximate surface area is 235 Å². The zero-order chi connectivity index (χ0) is 28.8. The zero-order valence-electron chi connectivity index (χ0n) is 22.4. The highest BCUT2D eigenvalue weighted by atomic mass is 32.2. The fourth-order valence-corrected chi connectivity index (χ4v) is 6.43. The van der Waals surface area contributed by atoms with E-state index in [1.165, 1.54) is 29.8 Å². The maximum absolute atomic E-state index is 13.8. The first-order valence-corrected chi connectivity index (χ1v) is 15.4. The van der Waals surface area contributed by atoms with Crippen LogP contribution in [0.25, 0.3) is 5.65 Å². The summed E-state index contributed by atoms with van der Waals surface area (Å²) in [5, 5.41) is 16.1. The third kappa shape index (κ3) is 5.91. The molecule has 2 aliphatic heterocycles. The number of carbonyl (C=O) groups excluding carboxylic acids is 1. The summed E-state index contributed by atoms with van der Waals surface area (Å²) in [5.41, 5.74) is 2.02. The van der Waals surface area contributed by atoms with Gasteiger partial charge in [-0.05, 0) is 49.3 Å². The van der Waals surface area contributed by atoms with Crippen molar-refractivity contribution >= 4 is 44.7 Å². The molecule has 1 spiro atoms. The molecule has 0 unspecified atom stereocenters. The minimum absolute atomic E-state index is 0.0839. The standard InChI is InChI=1S/C26H32F2N8O4S/c27-26(28)7-11-35(12-8-26)24-32-21(16-22-29-17-30-36(22)24)31-23(38)19-2-1-18(33-41(39,40)14-13-37)15-20(19)34-9-5-25(3-4-25)6-10-34/h1-2,15-17,33,37H,3-14H2,(H,31,38). The highest BCUT2D eigenvalue weighted by Crippen LogP contribution is 2.54. The normalized spacial score (nSPS) is 19.9. The summed E-state index contributed by atoms with van der Waals surface area (Å²) in [5.74, 6) is -3.12. The molecule has 2 saturated heterocycles. The fraction of sp³-hybridized carbons (Fsp3) is 0.538. The van der Waals surface area contributed by atoms with Crippen LogP contribution in [0, 0.1) is 5.41 Å². The number of aliphatic hydroxyl groups is 1. The summed E-state index contributed by atoms with van der Waals surface area (Å²) in [6.07, 6.45) is 5.14. The fourth-order valence-electron chi connectivity index (χ4n) is 5.60. The van der Waals surface area contributed by atoms with E-state index < -0.39 is 34.2 Å². The summed E-state index contributed by atoms with van der Waals surface area (Å²) in [7, 11) is -3.76. The van der Waals surface area contributed by atoms with Crippen molar-refractivity contribution in [2.75, 3.05) is 58.4 Å². The number of nitrogens with zero attached hydrogens (tertiary/aromatic N) is 6. The Kier molecular flexibility index (Phi) is 6.96. The molecule has 12 nitrogen and oxygen atoms in total. The van der Waals surface area contributed by atoms with Gasteiger partial charge in [0.05, 0.1) is 29.3 Å². The van der Waals surface area contributed by atoms with Crippen LogP contribution in [0.4, 0.5) is 31.9 Å². The molecule has 1 saturated carbocycles. The van der Waals surface area contributed by atoms with E-state index in [1.54, 1.807) is 23.1 Å². The van der Waals surface area contributed by atoms with Crippen molar-refractivity contribution in [1.82, 2.24) is 19.6 Å². The Morgan fingerprint density at radius 1 is 1.00 bits per heavy atom. The largest absolute Gasteiger partial charge is 0.395 e. The molecule has 3 aromatic rings. The van der Waals surface area contributed by atoms with E-state index in [-0.39, 0.29) is 31.7 Å². The Bertz CT molecular complexity index is 1560. The van der Waals surface area contributed by atoms with Crippen LogP contribution >= 0.6 is 0 Å². The molecular weight excluding hydrogens is 558 g/mol. The minimum atomic E-state index is -3.76. The number of halogens is 2. The van der Waals surface area contributed by atoms with E-state index in [0.29, 0.717) is 33.9 Å². The maximum atomic E-state index is 13.8. The molecule has 1 aliphatic carbocycles. The Morgan fingerprint density at radius 3 is 2.39 bits per heavy atom. The van der Waals surface area contributed by atoms with Crippen molar-refractivity contribution < 1.29 is 27.1 Å². The molecular formula is C26H32F2N8O4S. The van der Waals surface area contributed by atoms with E-state index in [2.05, 4.69) is 30.0 Å². The number of benzene rings is 1. The van der Waals surface area contributed by atoms with Gasteiger partial charge >= 0.3 is 0 Å². The van der Waals surface area contributed by atoms with Gasteiger partial charge in [-0.25, -0.2) is 22.2 Å². The van der Waals surface area contributed by atoms with Crippen molar-refractivity contribution in [3.05, 3.63) is 36.2 Å². The number of amides is 1. The van der Waals surface area contributed by atoms with Gasteiger partial charge in [0.15, 0.2) is 5.65 Å². The number of nitrogens with one attached hydrogen (secondary N) is 2. The Hall–Kier alpha value is -3.59. The van der Waals surface area contributed by atoms with E-state index in [4.69, 9.17) is 5.11 Å². The van der Waals surface area contributed by atoms with Crippen LogP contribution in [0.2, 0.25) is 0 Å². The molecule has 6 rings (SSSR count). The van der Waals surface area contributed by atoms with Crippen LogP contribution in [0.3, 0.4) is 0 Å². The second-order valence-electron chi connectivity index (χ2n) is 11.1. The average Bonchev–Trinajstić information content (AvgIpc) is 3.50. The van der Waals surface area contributed by atoms with Gasteiger partial charge < -0.3 is 20.2 Å². The molecule has 3 N–H and O–H groups in total. The predicted octanol–water partition coefficient (Wildman–Crippen LogP) is 2.73. The smallest absolute Gasteiger partial charge is 0.258 e. The first kappa shape index (κ1) is 27.6. The topological polar surface area (TPSA) is 145 Å². The number of aromatic nitrogens is 4. The first-order valence-electron chi connectivity index (χ1n) is 13.7. The lowest BCUT2D eigenvalue weighted by molar-refractivity contribution is -0.0223. The van der Waals surface area contributed by atoms with Crippen molar-refractivity contribution in [3.63, 3.8) is 0 Å². The number of aliphatic hydroxyl groups excluding tert-OH is 1. The van der Waals surface area contributed by atoms with Crippen molar-refractivity contribution in [2.45, 2.75) is 44.4 Å². The van der Waals surface area contributed by atoms with Gasteiger partial charge in [0.25, 0.3) is 11.8 Å². The average molecular weight is 591 g/mol. The molecule has 41 heavy (non-hydrogen) atoms. The van der Waals surface area contributed by atoms with Crippen LogP contribution in [-0.2, 0) is 10.0 Å². The van der Waals surface area contributed by atoms with Crippen LogP contribution in [-0.4, -0.2) is 83.5 Å². The van der Waals surface area contributed by atoms with E-state index in [9.17, 15) is 22.0 Å². The summed E-state index contributed by atoms with van der Waals surface area (Å²) in [4.78, 5) is 26.2. The van der Waals surface area contributed by atoms with Gasteiger partial charge in [-0.2, -0.15) is 14.6 Å². The van der Waals surface area contributed by atoms with Crippen LogP contribution < -0.4 is 19.8 Å². The molecule has 4 heterocycles. The Balaban J connectivity index is 1.29. The van der Waals surface area contributed by atoms with Crippen LogP contribution in [0.1, 0.15) is 48.9 Å². The third-order valence-electron chi connectivity index (χ3n) is 8.27. The molecule has 3 fully saturated rings. The van der Waals surface area contributed by atoms with Crippen LogP contribution in [0.5, 0.6) is 0 Å². The summed E-state index contributed by atoms with van der Waals surface area (Å²) in [6.45, 7) is 1.13. The monoisotopic (exact) mass is 590 g/mol. The summed E-state index contributed by atoms with van der Waals surface area (Å²) in [6, 6.07) is 6.27. The quantitative estimate of drug-likeness (QED) is 0.361. The number of fused-ring (bicyclic) bond motifs is 1. The lowest BCUT2D eigenvalue weighted by atomic mass is 9.93. The number of hydrogen-bond donors (Lipinski definition) is 3. The number of anilines is 4. The molecule has 15 heteroatoms. The van der Waals surface area contributed by atoms with Crippen LogP contribution in [0.15, 0.2) is 30.6 Å². The summed E-state index contributed by atoms with van der Waals surface area (Å²) >= 11 is 0. The van der Waals surface area contributed by atoms with E-state index in [0.717, 1.165) is 25.9 Å². The van der Waals surface area contributed by atoms with E-state index >= 15 is 0 Å². The zero-order valence-corrected chi connectivity index (χ0v) is 23.2. The number of carbonyl (C=O) groups is 1. The second-order valence-corrected chi connectivity index (χ2v) is 13.0. The molecule has 0 radical (unpaired) electrons. The molecule has 220 valence electrons. The number of piperidine rings is 2. The van der Waals surface area contributed by atoms with Crippen molar-refractivity contribution in [2.24, 2.45) is 5.41 Å². The molecule has 0 bridgehead atoms. The maximum Gasteiger partial charge on any atom is 0.258 e. The number of hydrogen-bond acceptors (Lipinski definition) is 9. The first-order chi connectivity index (χ1) is 19.6. The Morgan fingerprint density at radius 2 is 1.71 bits per heavy atom. The number of alkyl halides is 2. The third-order valence-corrected chi connectivity index (χ3v) is 9.53. The lowest BCUT2D eigenvalue weighted by Crippen LogP contribution is -2.40. The summed E-state index contributed by atoms with van der Waals surface area (Å²) < 4.78 is 56.1. The van der Waals surface area contributed by atoms with Crippen molar-refractivity contribution in [3.8, 4) is 0 Å². The second kappa shape index (κ2) is 10.4.